The highest BCUT2D eigenvalue weighted by molar-refractivity contribution is 6.36. The molecule has 0 radical (unpaired) electrons. The topological polar surface area (TPSA) is 74.8 Å². The molecule has 2 aromatic carbocycles. The Hall–Kier alpha value is -2.70. The predicted molar refractivity (Wildman–Crippen MR) is 130 cm³/mol. The van der Waals surface area contributed by atoms with Gasteiger partial charge in [0, 0.05) is 10.6 Å². The van der Waals surface area contributed by atoms with Gasteiger partial charge in [-0.15, -0.1) is 0 Å². The number of fused-ring (bicyclic) bond motifs is 1. The Morgan fingerprint density at radius 2 is 1.68 bits per heavy atom. The van der Waals surface area contributed by atoms with Gasteiger partial charge in [-0.25, -0.2) is 5.01 Å². The summed E-state index contributed by atoms with van der Waals surface area (Å²) in [6.45, 7) is 5.41. The number of ketones is 1. The Balaban J connectivity index is 1.72. The molecule has 2 aromatic rings. The standard InChI is InChI=1S/C26H26Cl2N2O4/c1-14-4-8-19-21(10-14)26(34)30(25(19)33)29(24(32)20-9-7-18(27)12-22(20)28)13-23(31)17-6-5-15(2)16(3)11-17/h5-7,9,11-12,14,19,21H,4,8,10,13H2,1-3H3/t14-,19-,21-/m1/s1. The van der Waals surface area contributed by atoms with Crippen LogP contribution < -0.4 is 0 Å². The Bertz CT molecular complexity index is 1200. The van der Waals surface area contributed by atoms with Crippen molar-refractivity contribution >= 4 is 46.7 Å². The molecular formula is C26H26Cl2N2O4. The van der Waals surface area contributed by atoms with Crippen LogP contribution in [0.2, 0.25) is 10.0 Å². The Morgan fingerprint density at radius 3 is 2.35 bits per heavy atom. The molecule has 34 heavy (non-hydrogen) atoms. The highest BCUT2D eigenvalue weighted by Gasteiger charge is 2.53. The second-order valence-electron chi connectivity index (χ2n) is 9.33. The van der Waals surface area contributed by atoms with Crippen LogP contribution in [-0.2, 0) is 9.59 Å². The molecule has 3 amide bonds. The van der Waals surface area contributed by atoms with E-state index < -0.39 is 36.1 Å². The van der Waals surface area contributed by atoms with Gasteiger partial charge in [0.05, 0.1) is 22.4 Å². The molecule has 0 spiro atoms. The van der Waals surface area contributed by atoms with Crippen LogP contribution in [0.5, 0.6) is 0 Å². The molecule has 1 aliphatic heterocycles. The summed E-state index contributed by atoms with van der Waals surface area (Å²) < 4.78 is 0. The van der Waals surface area contributed by atoms with Crippen molar-refractivity contribution in [3.8, 4) is 0 Å². The lowest BCUT2D eigenvalue weighted by atomic mass is 9.76. The number of hydrazine groups is 1. The van der Waals surface area contributed by atoms with Crippen LogP contribution in [0.15, 0.2) is 36.4 Å². The number of amides is 3. The van der Waals surface area contributed by atoms with Crippen molar-refractivity contribution in [2.24, 2.45) is 17.8 Å². The molecule has 0 bridgehead atoms. The van der Waals surface area contributed by atoms with Crippen LogP contribution in [0.1, 0.15) is 58.0 Å². The van der Waals surface area contributed by atoms with E-state index in [0.29, 0.717) is 29.3 Å². The fraction of sp³-hybridized carbons (Fsp3) is 0.385. The van der Waals surface area contributed by atoms with E-state index in [1.54, 1.807) is 12.1 Å². The number of carbonyl (C=O) groups is 4. The molecule has 0 unspecified atom stereocenters. The first-order valence-electron chi connectivity index (χ1n) is 11.3. The third-order valence-corrected chi connectivity index (χ3v) is 7.47. The summed E-state index contributed by atoms with van der Waals surface area (Å²) in [7, 11) is 0. The van der Waals surface area contributed by atoms with Gasteiger partial charge in [-0.2, -0.15) is 5.01 Å². The number of aryl methyl sites for hydroxylation is 2. The van der Waals surface area contributed by atoms with Crippen LogP contribution in [0.3, 0.4) is 0 Å². The van der Waals surface area contributed by atoms with Crippen LogP contribution in [0, 0.1) is 31.6 Å². The maximum Gasteiger partial charge on any atom is 0.274 e. The molecule has 6 nitrogen and oxygen atoms in total. The summed E-state index contributed by atoms with van der Waals surface area (Å²) in [5.41, 5.74) is 2.41. The van der Waals surface area contributed by atoms with E-state index in [-0.39, 0.29) is 16.4 Å². The molecule has 178 valence electrons. The van der Waals surface area contributed by atoms with Gasteiger partial charge in [-0.3, -0.25) is 19.2 Å². The summed E-state index contributed by atoms with van der Waals surface area (Å²) in [6, 6.07) is 9.59. The molecule has 0 aromatic heterocycles. The number of hydrogen-bond donors (Lipinski definition) is 0. The third kappa shape index (κ3) is 4.49. The van der Waals surface area contributed by atoms with Gasteiger partial charge < -0.3 is 0 Å². The van der Waals surface area contributed by atoms with E-state index in [4.69, 9.17) is 23.2 Å². The average Bonchev–Trinajstić information content (AvgIpc) is 3.02. The number of Topliss-reactive ketones (excluding diaryl/α,β-unsaturated/α-hetero) is 1. The quantitative estimate of drug-likeness (QED) is 0.413. The Labute approximate surface area is 208 Å². The zero-order valence-corrected chi connectivity index (χ0v) is 20.8. The van der Waals surface area contributed by atoms with Gasteiger partial charge in [0.2, 0.25) is 0 Å². The highest BCUT2D eigenvalue weighted by Crippen LogP contribution is 2.41. The summed E-state index contributed by atoms with van der Waals surface area (Å²) >= 11 is 12.3. The maximum atomic E-state index is 13.6. The number of carbonyl (C=O) groups excluding carboxylic acids is 4. The monoisotopic (exact) mass is 500 g/mol. The second-order valence-corrected chi connectivity index (χ2v) is 10.2. The summed E-state index contributed by atoms with van der Waals surface area (Å²) in [5.74, 6) is -2.61. The molecule has 2 fully saturated rings. The predicted octanol–water partition coefficient (Wildman–Crippen LogP) is 5.27. The maximum absolute atomic E-state index is 13.6. The first kappa shape index (κ1) is 24.4. The Kier molecular flexibility index (Phi) is 6.83. The fourth-order valence-corrected chi connectivity index (χ4v) is 5.28. The van der Waals surface area contributed by atoms with Crippen LogP contribution >= 0.6 is 23.2 Å². The number of benzene rings is 2. The normalized spacial score (nSPS) is 22.0. The van der Waals surface area contributed by atoms with E-state index in [2.05, 4.69) is 6.92 Å². The van der Waals surface area contributed by atoms with Gasteiger partial charge in [0.25, 0.3) is 17.7 Å². The van der Waals surface area contributed by atoms with Crippen LogP contribution in [-0.4, -0.2) is 40.1 Å². The average molecular weight is 501 g/mol. The van der Waals surface area contributed by atoms with Gasteiger partial charge in [-0.1, -0.05) is 42.3 Å². The number of rotatable bonds is 5. The van der Waals surface area contributed by atoms with Crippen LogP contribution in [0.4, 0.5) is 0 Å². The summed E-state index contributed by atoms with van der Waals surface area (Å²) in [4.78, 5) is 53.6. The van der Waals surface area contributed by atoms with Crippen molar-refractivity contribution in [2.75, 3.05) is 6.54 Å². The van der Waals surface area contributed by atoms with Gasteiger partial charge in [-0.05, 0) is 74.4 Å². The van der Waals surface area contributed by atoms with Crippen molar-refractivity contribution in [3.05, 3.63) is 68.7 Å². The fourth-order valence-electron chi connectivity index (χ4n) is 4.79. The van der Waals surface area contributed by atoms with Crippen molar-refractivity contribution in [1.29, 1.82) is 0 Å². The minimum absolute atomic E-state index is 0.0581. The lowest BCUT2D eigenvalue weighted by molar-refractivity contribution is -0.154. The lowest BCUT2D eigenvalue weighted by Gasteiger charge is -2.30. The molecule has 1 saturated heterocycles. The summed E-state index contributed by atoms with van der Waals surface area (Å²) in [6.07, 6.45) is 2.01. The first-order chi connectivity index (χ1) is 16.1. The van der Waals surface area contributed by atoms with E-state index >= 15 is 0 Å². The molecule has 8 heteroatoms. The number of nitrogens with zero attached hydrogens (tertiary/aromatic N) is 2. The van der Waals surface area contributed by atoms with E-state index in [0.717, 1.165) is 27.6 Å². The molecular weight excluding hydrogens is 475 g/mol. The zero-order chi connectivity index (χ0) is 24.7. The lowest BCUT2D eigenvalue weighted by Crippen LogP contribution is -2.52. The van der Waals surface area contributed by atoms with E-state index in [1.807, 2.05) is 19.9 Å². The van der Waals surface area contributed by atoms with Crippen LogP contribution in [0.25, 0.3) is 0 Å². The molecule has 0 N–H and O–H groups in total. The largest absolute Gasteiger partial charge is 0.292 e. The minimum Gasteiger partial charge on any atom is -0.292 e. The first-order valence-corrected chi connectivity index (χ1v) is 12.1. The molecule has 4 rings (SSSR count). The van der Waals surface area contributed by atoms with E-state index in [9.17, 15) is 19.2 Å². The molecule has 1 aliphatic carbocycles. The molecule has 2 aliphatic rings. The second kappa shape index (κ2) is 9.51. The number of halogens is 2. The number of hydrogen-bond acceptors (Lipinski definition) is 4. The SMILES string of the molecule is Cc1ccc(C(=O)CN(C(=O)c2ccc(Cl)cc2Cl)N2C(=O)[C@@H]3CC[C@@H](C)C[C@H]3C2=O)cc1C. The third-order valence-electron chi connectivity index (χ3n) is 6.92. The zero-order valence-electron chi connectivity index (χ0n) is 19.3. The van der Waals surface area contributed by atoms with E-state index in [1.165, 1.54) is 18.2 Å². The van der Waals surface area contributed by atoms with Crippen molar-refractivity contribution in [2.45, 2.75) is 40.0 Å². The van der Waals surface area contributed by atoms with Crippen molar-refractivity contribution < 1.29 is 19.2 Å². The summed E-state index contributed by atoms with van der Waals surface area (Å²) in [5, 5.41) is 2.26. The highest BCUT2D eigenvalue weighted by atomic mass is 35.5. The number of imide groups is 1. The van der Waals surface area contributed by atoms with Crippen molar-refractivity contribution in [1.82, 2.24) is 10.0 Å². The van der Waals surface area contributed by atoms with Crippen molar-refractivity contribution in [3.63, 3.8) is 0 Å². The molecule has 3 atom stereocenters. The van der Waals surface area contributed by atoms with Gasteiger partial charge in [0.1, 0.15) is 6.54 Å². The van der Waals surface area contributed by atoms with Gasteiger partial charge >= 0.3 is 0 Å². The smallest absolute Gasteiger partial charge is 0.274 e. The molecule has 1 saturated carbocycles. The molecule has 1 heterocycles. The Morgan fingerprint density at radius 1 is 0.971 bits per heavy atom. The minimum atomic E-state index is -0.702. The van der Waals surface area contributed by atoms with Gasteiger partial charge in [0.15, 0.2) is 5.78 Å².